The average molecular weight is 450 g/mol. The molecule has 0 bridgehead atoms. The Labute approximate surface area is 190 Å². The minimum Gasteiger partial charge on any atom is -0.493 e. The molecule has 0 saturated heterocycles. The Morgan fingerprint density at radius 1 is 1.06 bits per heavy atom. The maximum Gasteiger partial charge on any atom is 0.255 e. The number of aryl methyl sites for hydroxylation is 1. The standard InChI is InChI=1S/C24H20ClN3O4/c1-15-3-6-18(24-28-26-14-32-24)11-20(15)27-23(29)17-7-10-21(22(12-17)30-2)31-13-16-4-8-19(25)9-5-16/h3-12,14H,13H2,1-2H3,(H,27,29). The SMILES string of the molecule is COc1cc(C(=O)Nc2cc(-c3nnco3)ccc2C)ccc1OCc1ccc(Cl)cc1. The molecule has 0 radical (unpaired) electrons. The van der Waals surface area contributed by atoms with Crippen LogP contribution in [0.15, 0.2) is 71.5 Å². The number of anilines is 1. The number of nitrogens with one attached hydrogen (secondary N) is 1. The molecule has 4 aromatic rings. The van der Waals surface area contributed by atoms with E-state index < -0.39 is 0 Å². The third kappa shape index (κ3) is 4.90. The van der Waals surface area contributed by atoms with Crippen molar-refractivity contribution in [2.75, 3.05) is 12.4 Å². The molecule has 8 heteroatoms. The number of ether oxygens (including phenoxy) is 2. The van der Waals surface area contributed by atoms with E-state index in [9.17, 15) is 4.79 Å². The fourth-order valence-corrected chi connectivity index (χ4v) is 3.18. The van der Waals surface area contributed by atoms with Crippen LogP contribution in [0.3, 0.4) is 0 Å². The van der Waals surface area contributed by atoms with Gasteiger partial charge in [-0.25, -0.2) is 0 Å². The molecule has 0 saturated carbocycles. The average Bonchev–Trinajstić information content (AvgIpc) is 3.35. The molecule has 0 unspecified atom stereocenters. The summed E-state index contributed by atoms with van der Waals surface area (Å²) in [5, 5.41) is 11.2. The summed E-state index contributed by atoms with van der Waals surface area (Å²) in [6, 6.07) is 18.0. The van der Waals surface area contributed by atoms with Crippen LogP contribution >= 0.6 is 11.6 Å². The van der Waals surface area contributed by atoms with Gasteiger partial charge in [-0.15, -0.1) is 10.2 Å². The molecular weight excluding hydrogens is 430 g/mol. The number of benzene rings is 3. The van der Waals surface area contributed by atoms with Crippen LogP contribution in [0.1, 0.15) is 21.5 Å². The van der Waals surface area contributed by atoms with Crippen molar-refractivity contribution in [3.8, 4) is 23.0 Å². The van der Waals surface area contributed by atoms with Gasteiger partial charge in [0.2, 0.25) is 12.3 Å². The lowest BCUT2D eigenvalue weighted by molar-refractivity contribution is 0.102. The minimum atomic E-state index is -0.279. The van der Waals surface area contributed by atoms with Crippen molar-refractivity contribution in [1.29, 1.82) is 0 Å². The first-order valence-corrected chi connectivity index (χ1v) is 10.1. The number of aromatic nitrogens is 2. The Kier molecular flexibility index (Phi) is 6.37. The van der Waals surface area contributed by atoms with Gasteiger partial charge >= 0.3 is 0 Å². The van der Waals surface area contributed by atoms with Crippen LogP contribution in [0.25, 0.3) is 11.5 Å². The first-order valence-electron chi connectivity index (χ1n) is 9.77. The van der Waals surface area contributed by atoms with E-state index in [1.807, 2.05) is 31.2 Å². The normalized spacial score (nSPS) is 10.6. The predicted molar refractivity (Wildman–Crippen MR) is 121 cm³/mol. The number of carbonyl (C=O) groups is 1. The highest BCUT2D eigenvalue weighted by Crippen LogP contribution is 2.30. The van der Waals surface area contributed by atoms with Gasteiger partial charge in [-0.05, 0) is 60.5 Å². The van der Waals surface area contributed by atoms with Crippen molar-refractivity contribution in [2.45, 2.75) is 13.5 Å². The third-order valence-electron chi connectivity index (χ3n) is 4.83. The zero-order valence-corrected chi connectivity index (χ0v) is 18.2. The number of hydrogen-bond acceptors (Lipinski definition) is 6. The highest BCUT2D eigenvalue weighted by Gasteiger charge is 2.14. The Hall–Kier alpha value is -3.84. The number of carbonyl (C=O) groups excluding carboxylic acids is 1. The lowest BCUT2D eigenvalue weighted by Crippen LogP contribution is -2.13. The third-order valence-corrected chi connectivity index (χ3v) is 5.08. The van der Waals surface area contributed by atoms with Crippen LogP contribution in [0.4, 0.5) is 5.69 Å². The van der Waals surface area contributed by atoms with Gasteiger partial charge in [0.15, 0.2) is 11.5 Å². The van der Waals surface area contributed by atoms with Gasteiger partial charge in [0.05, 0.1) is 7.11 Å². The van der Waals surface area contributed by atoms with Crippen LogP contribution in [-0.2, 0) is 6.61 Å². The quantitative estimate of drug-likeness (QED) is 0.398. The Bertz CT molecular complexity index is 1220. The van der Waals surface area contributed by atoms with E-state index in [4.69, 9.17) is 25.5 Å². The Balaban J connectivity index is 1.49. The van der Waals surface area contributed by atoms with E-state index in [0.29, 0.717) is 45.8 Å². The number of amides is 1. The fraction of sp³-hybridized carbons (Fsp3) is 0.125. The summed E-state index contributed by atoms with van der Waals surface area (Å²) in [5.74, 6) is 1.10. The van der Waals surface area contributed by atoms with E-state index in [1.54, 1.807) is 36.4 Å². The predicted octanol–water partition coefficient (Wildman–Crippen LogP) is 5.54. The van der Waals surface area contributed by atoms with Gasteiger partial charge in [-0.1, -0.05) is 29.8 Å². The van der Waals surface area contributed by atoms with E-state index in [2.05, 4.69) is 15.5 Å². The molecule has 1 amide bonds. The summed E-state index contributed by atoms with van der Waals surface area (Å²) in [6.07, 6.45) is 1.26. The minimum absolute atomic E-state index is 0.279. The Morgan fingerprint density at radius 3 is 2.59 bits per heavy atom. The maximum absolute atomic E-state index is 12.9. The number of nitrogens with zero attached hydrogens (tertiary/aromatic N) is 2. The molecule has 1 aromatic heterocycles. The molecule has 1 N–H and O–H groups in total. The van der Waals surface area contributed by atoms with Gasteiger partial charge in [-0.3, -0.25) is 4.79 Å². The van der Waals surface area contributed by atoms with E-state index in [1.165, 1.54) is 13.5 Å². The topological polar surface area (TPSA) is 86.5 Å². The number of rotatable bonds is 7. The smallest absolute Gasteiger partial charge is 0.255 e. The zero-order valence-electron chi connectivity index (χ0n) is 17.5. The first-order chi connectivity index (χ1) is 15.5. The molecule has 0 aliphatic carbocycles. The van der Waals surface area contributed by atoms with E-state index in [0.717, 1.165) is 11.1 Å². The lowest BCUT2D eigenvalue weighted by atomic mass is 10.1. The lowest BCUT2D eigenvalue weighted by Gasteiger charge is -2.13. The summed E-state index contributed by atoms with van der Waals surface area (Å²) in [5.41, 5.74) is 3.66. The monoisotopic (exact) mass is 449 g/mol. The highest BCUT2D eigenvalue weighted by molar-refractivity contribution is 6.30. The van der Waals surface area contributed by atoms with E-state index in [-0.39, 0.29) is 5.91 Å². The second-order valence-corrected chi connectivity index (χ2v) is 7.44. The van der Waals surface area contributed by atoms with Crippen molar-refractivity contribution < 1.29 is 18.7 Å². The molecular formula is C24H20ClN3O4. The van der Waals surface area contributed by atoms with Crippen molar-refractivity contribution >= 4 is 23.2 Å². The molecule has 0 atom stereocenters. The van der Waals surface area contributed by atoms with Crippen LogP contribution in [0, 0.1) is 6.92 Å². The number of hydrogen-bond donors (Lipinski definition) is 1. The van der Waals surface area contributed by atoms with Crippen LogP contribution in [0.2, 0.25) is 5.02 Å². The highest BCUT2D eigenvalue weighted by atomic mass is 35.5. The van der Waals surface area contributed by atoms with Crippen molar-refractivity contribution in [2.24, 2.45) is 0 Å². The molecule has 7 nitrogen and oxygen atoms in total. The van der Waals surface area contributed by atoms with Crippen molar-refractivity contribution in [3.63, 3.8) is 0 Å². The summed E-state index contributed by atoms with van der Waals surface area (Å²) in [7, 11) is 1.53. The van der Waals surface area contributed by atoms with Gasteiger partial charge in [-0.2, -0.15) is 0 Å². The number of halogens is 1. The van der Waals surface area contributed by atoms with Gasteiger partial charge in [0.1, 0.15) is 6.61 Å². The van der Waals surface area contributed by atoms with Gasteiger partial charge < -0.3 is 19.2 Å². The molecule has 4 rings (SSSR count). The van der Waals surface area contributed by atoms with Crippen molar-refractivity contribution in [3.05, 3.63) is 88.8 Å². The second kappa shape index (κ2) is 9.53. The van der Waals surface area contributed by atoms with Gasteiger partial charge in [0.25, 0.3) is 5.91 Å². The van der Waals surface area contributed by atoms with E-state index >= 15 is 0 Å². The second-order valence-electron chi connectivity index (χ2n) is 7.01. The molecule has 0 spiro atoms. The molecule has 0 aliphatic heterocycles. The number of methoxy groups -OCH3 is 1. The maximum atomic E-state index is 12.9. The fourth-order valence-electron chi connectivity index (χ4n) is 3.05. The molecule has 0 fully saturated rings. The first kappa shape index (κ1) is 21.4. The van der Waals surface area contributed by atoms with Crippen LogP contribution < -0.4 is 14.8 Å². The summed E-state index contributed by atoms with van der Waals surface area (Å²) < 4.78 is 16.5. The molecule has 3 aromatic carbocycles. The summed E-state index contributed by atoms with van der Waals surface area (Å²) >= 11 is 5.92. The molecule has 162 valence electrons. The molecule has 1 heterocycles. The summed E-state index contributed by atoms with van der Waals surface area (Å²) in [4.78, 5) is 12.9. The largest absolute Gasteiger partial charge is 0.493 e. The zero-order chi connectivity index (χ0) is 22.5. The van der Waals surface area contributed by atoms with Crippen molar-refractivity contribution in [1.82, 2.24) is 10.2 Å². The van der Waals surface area contributed by atoms with Crippen LogP contribution in [-0.4, -0.2) is 23.2 Å². The molecule has 0 aliphatic rings. The van der Waals surface area contributed by atoms with Gasteiger partial charge in [0, 0.05) is 21.8 Å². The van der Waals surface area contributed by atoms with Crippen LogP contribution in [0.5, 0.6) is 11.5 Å². The molecule has 32 heavy (non-hydrogen) atoms. The Morgan fingerprint density at radius 2 is 1.88 bits per heavy atom. The summed E-state index contributed by atoms with van der Waals surface area (Å²) in [6.45, 7) is 2.25.